The van der Waals surface area contributed by atoms with Crippen LogP contribution < -0.4 is 5.32 Å². The normalized spacial score (nSPS) is 12.0. The maximum atomic E-state index is 13.0. The fourth-order valence-corrected chi connectivity index (χ4v) is 2.87. The van der Waals surface area contributed by atoms with Crippen LogP contribution in [0, 0.1) is 13.8 Å². The zero-order valence-corrected chi connectivity index (χ0v) is 15.3. The van der Waals surface area contributed by atoms with Gasteiger partial charge in [-0.15, -0.1) is 10.2 Å². The van der Waals surface area contributed by atoms with E-state index in [0.717, 1.165) is 28.8 Å². The number of anilines is 1. The van der Waals surface area contributed by atoms with Crippen LogP contribution in [-0.2, 0) is 17.6 Å². The van der Waals surface area contributed by atoms with Gasteiger partial charge in [0.25, 0.3) is 0 Å². The molecule has 2 N–H and O–H groups in total. The zero-order valence-electron chi connectivity index (χ0n) is 15.3. The Morgan fingerprint density at radius 2 is 1.85 bits per heavy atom. The molecule has 0 bridgehead atoms. The van der Waals surface area contributed by atoms with Gasteiger partial charge in [0.15, 0.2) is 5.82 Å². The van der Waals surface area contributed by atoms with Crippen molar-refractivity contribution in [2.75, 3.05) is 5.32 Å². The summed E-state index contributed by atoms with van der Waals surface area (Å²) in [5, 5.41) is 17.2. The molecule has 26 heavy (non-hydrogen) atoms. The average molecular weight is 349 g/mol. The summed E-state index contributed by atoms with van der Waals surface area (Å²) in [6.07, 6.45) is 1.50. The second-order valence-electron chi connectivity index (χ2n) is 6.43. The number of aromatic amines is 1. The highest BCUT2D eigenvalue weighted by Gasteiger charge is 2.26. The van der Waals surface area contributed by atoms with E-state index in [1.807, 2.05) is 32.0 Å². The Labute approximate surface area is 153 Å². The number of carbonyl (C=O) groups is 1. The fourth-order valence-electron chi connectivity index (χ4n) is 2.87. The van der Waals surface area contributed by atoms with Gasteiger partial charge in [0.2, 0.25) is 5.91 Å². The van der Waals surface area contributed by atoms with E-state index in [9.17, 15) is 4.79 Å². The van der Waals surface area contributed by atoms with E-state index in [1.54, 1.807) is 0 Å². The van der Waals surface area contributed by atoms with Crippen molar-refractivity contribution < 1.29 is 4.79 Å². The number of aryl methyl sites for hydroxylation is 2. The fraction of sp³-hybridized carbons (Fsp3) is 0.300. The van der Waals surface area contributed by atoms with Crippen molar-refractivity contribution >= 4 is 11.6 Å². The van der Waals surface area contributed by atoms with Gasteiger partial charge in [-0.3, -0.25) is 4.79 Å². The molecule has 0 fully saturated rings. The summed E-state index contributed by atoms with van der Waals surface area (Å²) >= 11 is 0. The number of hydrogen-bond acceptors (Lipinski definition) is 4. The van der Waals surface area contributed by atoms with Crippen molar-refractivity contribution in [3.8, 4) is 0 Å². The smallest absolute Gasteiger partial charge is 0.235 e. The molecule has 1 amide bonds. The molecule has 0 aliphatic carbocycles. The van der Waals surface area contributed by atoms with Crippen molar-refractivity contribution in [1.29, 1.82) is 0 Å². The standard InChI is InChI=1S/C20H23N5O/c1-4-15-8-10-16(11-9-15)12-17(19-22-24-25-23-19)20(26)21-18-7-5-6-13(2)14(18)3/h5-11,17H,4,12H2,1-3H3,(H,21,26)(H,22,23,24,25)/t17-/m1/s1. The molecule has 0 aliphatic rings. The Bertz CT molecular complexity index is 872. The second kappa shape index (κ2) is 7.91. The van der Waals surface area contributed by atoms with E-state index in [0.29, 0.717) is 12.2 Å². The van der Waals surface area contributed by atoms with Crippen LogP contribution in [0.3, 0.4) is 0 Å². The predicted molar refractivity (Wildman–Crippen MR) is 101 cm³/mol. The molecule has 6 heteroatoms. The van der Waals surface area contributed by atoms with Crippen LogP contribution in [0.2, 0.25) is 0 Å². The maximum absolute atomic E-state index is 13.0. The molecule has 0 unspecified atom stereocenters. The van der Waals surface area contributed by atoms with Gasteiger partial charge in [0, 0.05) is 5.69 Å². The topological polar surface area (TPSA) is 83.6 Å². The molecule has 0 aliphatic heterocycles. The first-order chi connectivity index (χ1) is 12.6. The number of amides is 1. The predicted octanol–water partition coefficient (Wildman–Crippen LogP) is 3.34. The molecule has 0 spiro atoms. The first-order valence-electron chi connectivity index (χ1n) is 8.76. The van der Waals surface area contributed by atoms with E-state index in [2.05, 4.69) is 57.1 Å². The molecule has 1 heterocycles. The van der Waals surface area contributed by atoms with Crippen LogP contribution >= 0.6 is 0 Å². The summed E-state index contributed by atoms with van der Waals surface area (Å²) < 4.78 is 0. The van der Waals surface area contributed by atoms with Crippen LogP contribution in [0.25, 0.3) is 0 Å². The average Bonchev–Trinajstić information content (AvgIpc) is 3.18. The highest BCUT2D eigenvalue weighted by atomic mass is 16.1. The van der Waals surface area contributed by atoms with Gasteiger partial charge in [-0.05, 0) is 55.0 Å². The molecule has 6 nitrogen and oxygen atoms in total. The number of nitrogens with zero attached hydrogens (tertiary/aromatic N) is 3. The minimum atomic E-state index is -0.513. The molecule has 3 rings (SSSR count). The molecule has 0 radical (unpaired) electrons. The monoisotopic (exact) mass is 349 g/mol. The number of tetrazole rings is 1. The van der Waals surface area contributed by atoms with E-state index >= 15 is 0 Å². The number of rotatable bonds is 6. The third-order valence-electron chi connectivity index (χ3n) is 4.72. The van der Waals surface area contributed by atoms with Crippen LogP contribution in [0.5, 0.6) is 0 Å². The highest BCUT2D eigenvalue weighted by molar-refractivity contribution is 5.96. The van der Waals surface area contributed by atoms with Crippen LogP contribution in [-0.4, -0.2) is 26.5 Å². The van der Waals surface area contributed by atoms with Crippen molar-refractivity contribution in [3.63, 3.8) is 0 Å². The molecular weight excluding hydrogens is 326 g/mol. The van der Waals surface area contributed by atoms with Gasteiger partial charge in [-0.1, -0.05) is 48.5 Å². The summed E-state index contributed by atoms with van der Waals surface area (Å²) in [6.45, 7) is 6.14. The second-order valence-corrected chi connectivity index (χ2v) is 6.43. The number of benzene rings is 2. The quantitative estimate of drug-likeness (QED) is 0.715. The van der Waals surface area contributed by atoms with E-state index < -0.39 is 5.92 Å². The number of hydrogen-bond donors (Lipinski definition) is 2. The van der Waals surface area contributed by atoms with Crippen molar-refractivity contribution in [1.82, 2.24) is 20.6 Å². The molecule has 0 saturated heterocycles. The van der Waals surface area contributed by atoms with Crippen LogP contribution in [0.15, 0.2) is 42.5 Å². The van der Waals surface area contributed by atoms with Gasteiger partial charge < -0.3 is 5.32 Å². The van der Waals surface area contributed by atoms with Gasteiger partial charge in [0.1, 0.15) is 5.92 Å². The minimum absolute atomic E-state index is 0.139. The summed E-state index contributed by atoms with van der Waals surface area (Å²) in [4.78, 5) is 13.0. The number of carbonyl (C=O) groups excluding carboxylic acids is 1. The highest BCUT2D eigenvalue weighted by Crippen LogP contribution is 2.23. The lowest BCUT2D eigenvalue weighted by atomic mass is 9.96. The summed E-state index contributed by atoms with van der Waals surface area (Å²) in [6, 6.07) is 14.1. The van der Waals surface area contributed by atoms with Gasteiger partial charge >= 0.3 is 0 Å². The molecule has 2 aromatic carbocycles. The largest absolute Gasteiger partial charge is 0.325 e. The first kappa shape index (κ1) is 17.8. The molecule has 3 aromatic rings. The minimum Gasteiger partial charge on any atom is -0.325 e. The Hall–Kier alpha value is -3.02. The Kier molecular flexibility index (Phi) is 5.41. The van der Waals surface area contributed by atoms with Gasteiger partial charge in [0.05, 0.1) is 0 Å². The molecule has 134 valence electrons. The van der Waals surface area contributed by atoms with Crippen molar-refractivity contribution in [2.24, 2.45) is 0 Å². The number of nitrogens with one attached hydrogen (secondary N) is 2. The van der Waals surface area contributed by atoms with Crippen molar-refractivity contribution in [3.05, 3.63) is 70.5 Å². The van der Waals surface area contributed by atoms with Crippen LogP contribution in [0.1, 0.15) is 40.9 Å². The summed E-state index contributed by atoms with van der Waals surface area (Å²) in [5.41, 5.74) is 5.33. The van der Waals surface area contributed by atoms with E-state index in [1.165, 1.54) is 5.56 Å². The van der Waals surface area contributed by atoms with Gasteiger partial charge in [-0.2, -0.15) is 5.21 Å². The lowest BCUT2D eigenvalue weighted by Crippen LogP contribution is -2.24. The molecular formula is C20H23N5O. The molecule has 1 atom stereocenters. The number of H-pyrrole nitrogens is 1. The lowest BCUT2D eigenvalue weighted by molar-refractivity contribution is -0.117. The Morgan fingerprint density at radius 3 is 2.50 bits per heavy atom. The summed E-state index contributed by atoms with van der Waals surface area (Å²) in [7, 11) is 0. The Balaban J connectivity index is 1.83. The molecule has 1 aromatic heterocycles. The summed E-state index contributed by atoms with van der Waals surface area (Å²) in [5.74, 6) is -0.256. The van der Waals surface area contributed by atoms with E-state index in [-0.39, 0.29) is 5.91 Å². The van der Waals surface area contributed by atoms with Crippen LogP contribution in [0.4, 0.5) is 5.69 Å². The number of aromatic nitrogens is 4. The first-order valence-corrected chi connectivity index (χ1v) is 8.76. The third kappa shape index (κ3) is 3.96. The SMILES string of the molecule is CCc1ccc(C[C@@H](C(=O)Nc2cccc(C)c2C)c2nn[nH]n2)cc1. The maximum Gasteiger partial charge on any atom is 0.235 e. The zero-order chi connectivity index (χ0) is 18.5. The Morgan fingerprint density at radius 1 is 1.12 bits per heavy atom. The lowest BCUT2D eigenvalue weighted by Gasteiger charge is -2.16. The van der Waals surface area contributed by atoms with Gasteiger partial charge in [-0.25, -0.2) is 0 Å². The van der Waals surface area contributed by atoms with Crippen molar-refractivity contribution in [2.45, 2.75) is 39.5 Å². The third-order valence-corrected chi connectivity index (χ3v) is 4.72. The van der Waals surface area contributed by atoms with E-state index in [4.69, 9.17) is 0 Å². The molecule has 0 saturated carbocycles.